The molecule has 9 rings (SSSR count). The first-order chi connectivity index (χ1) is 25.9. The molecule has 0 saturated carbocycles. The van der Waals surface area contributed by atoms with Crippen LogP contribution in [-0.4, -0.2) is 9.55 Å². The third-order valence-electron chi connectivity index (χ3n) is 9.61. The summed E-state index contributed by atoms with van der Waals surface area (Å²) in [5.41, 5.74) is 8.52. The van der Waals surface area contributed by atoms with Gasteiger partial charge in [0.05, 0.1) is 22.0 Å². The van der Waals surface area contributed by atoms with Crippen molar-refractivity contribution in [2.24, 2.45) is 0 Å². The van der Waals surface area contributed by atoms with Crippen LogP contribution in [0.3, 0.4) is 0 Å². The van der Waals surface area contributed by atoms with Gasteiger partial charge in [-0.2, -0.15) is 0 Å². The summed E-state index contributed by atoms with van der Waals surface area (Å²) in [6, 6.07) is 26.9. The van der Waals surface area contributed by atoms with Gasteiger partial charge in [-0.25, -0.2) is 4.98 Å². The first kappa shape index (κ1) is 19.8. The van der Waals surface area contributed by atoms with Gasteiger partial charge in [0, 0.05) is 17.5 Å². The van der Waals surface area contributed by atoms with Gasteiger partial charge in [-0.05, 0) is 96.4 Å². The molecule has 46 heavy (non-hydrogen) atoms. The Morgan fingerprint density at radius 1 is 0.630 bits per heavy atom. The quantitative estimate of drug-likeness (QED) is 0.184. The second-order valence-corrected chi connectivity index (χ2v) is 12.4. The minimum Gasteiger partial charge on any atom is -0.296 e. The van der Waals surface area contributed by atoms with Crippen molar-refractivity contribution in [3.63, 3.8) is 0 Å². The van der Waals surface area contributed by atoms with Crippen molar-refractivity contribution in [1.82, 2.24) is 9.55 Å². The number of rotatable bonds is 4. The Morgan fingerprint density at radius 2 is 1.20 bits per heavy atom. The second kappa shape index (κ2) is 10.0. The number of hydrogen-bond acceptors (Lipinski definition) is 1. The lowest BCUT2D eigenvalue weighted by Crippen LogP contribution is -2.14. The van der Waals surface area contributed by atoms with Crippen molar-refractivity contribution in [3.8, 4) is 39.1 Å². The van der Waals surface area contributed by atoms with E-state index < -0.39 is 24.2 Å². The summed E-state index contributed by atoms with van der Waals surface area (Å²) < 4.78 is 74.7. The SMILES string of the molecule is [2H]c1c([2H])c([2H])c2c(-c3ccc4c(c3)C(C)(C)c3ccccc3-4)c3c([2H])c([2H])c([2H])c([2H])c3c(-c3ccc(-n4c(CC)nc5ccccc54)cc3)c2c1[2H]. The van der Waals surface area contributed by atoms with Crippen LogP contribution in [0.1, 0.15) is 48.7 Å². The highest BCUT2D eigenvalue weighted by molar-refractivity contribution is 6.21. The topological polar surface area (TPSA) is 17.8 Å². The van der Waals surface area contributed by atoms with Gasteiger partial charge < -0.3 is 0 Å². The molecule has 0 unspecified atom stereocenters. The van der Waals surface area contributed by atoms with Crippen LogP contribution in [0.2, 0.25) is 0 Å². The summed E-state index contributed by atoms with van der Waals surface area (Å²) in [7, 11) is 0. The average molecular weight is 599 g/mol. The van der Waals surface area contributed by atoms with E-state index in [4.69, 9.17) is 10.5 Å². The lowest BCUT2D eigenvalue weighted by atomic mass is 9.80. The lowest BCUT2D eigenvalue weighted by molar-refractivity contribution is 0.660. The van der Waals surface area contributed by atoms with Crippen LogP contribution < -0.4 is 0 Å². The standard InChI is InChI=1S/C44H34N2/c1-4-41-45-39-19-11-12-20-40(39)46(41)30-24-21-28(22-25-30)42-33-14-5-7-16-35(33)43(36-17-8-6-15-34(36)42)29-23-26-32-31-13-9-10-18-37(31)44(2,3)38(32)27-29/h5-27H,4H2,1-3H3/i5D,6D,7D,8D,14D,15D,16D,17D. The fraction of sp³-hybridized carbons (Fsp3) is 0.114. The predicted molar refractivity (Wildman–Crippen MR) is 194 cm³/mol. The van der Waals surface area contributed by atoms with Crippen LogP contribution in [0, 0.1) is 0 Å². The molecule has 220 valence electrons. The van der Waals surface area contributed by atoms with E-state index >= 15 is 0 Å². The molecule has 1 aliphatic rings. The number of benzene rings is 7. The molecule has 0 spiro atoms. The molecule has 0 N–H and O–H groups in total. The molecular weight excluding hydrogens is 556 g/mol. The first-order valence-corrected chi connectivity index (χ1v) is 15.6. The van der Waals surface area contributed by atoms with Crippen LogP contribution in [0.5, 0.6) is 0 Å². The van der Waals surface area contributed by atoms with E-state index in [-0.39, 0.29) is 51.1 Å². The minimum atomic E-state index is -0.417. The van der Waals surface area contributed by atoms with Crippen LogP contribution in [0.25, 0.3) is 71.6 Å². The van der Waals surface area contributed by atoms with Gasteiger partial charge in [-0.15, -0.1) is 0 Å². The molecule has 0 atom stereocenters. The summed E-state index contributed by atoms with van der Waals surface area (Å²) in [6.07, 6.45) is 0.700. The van der Waals surface area contributed by atoms with E-state index in [2.05, 4.69) is 30.5 Å². The van der Waals surface area contributed by atoms with Crippen molar-refractivity contribution >= 4 is 32.6 Å². The van der Waals surface area contributed by atoms with E-state index in [1.807, 2.05) is 85.8 Å². The van der Waals surface area contributed by atoms with Crippen molar-refractivity contribution in [1.29, 1.82) is 0 Å². The van der Waals surface area contributed by atoms with Gasteiger partial charge in [0.2, 0.25) is 0 Å². The van der Waals surface area contributed by atoms with Crippen molar-refractivity contribution in [2.75, 3.05) is 0 Å². The number of imidazole rings is 1. The van der Waals surface area contributed by atoms with E-state index in [1.165, 1.54) is 5.56 Å². The lowest BCUT2D eigenvalue weighted by Gasteiger charge is -2.23. The molecule has 0 bridgehead atoms. The summed E-state index contributed by atoms with van der Waals surface area (Å²) >= 11 is 0. The van der Waals surface area contributed by atoms with E-state index in [9.17, 15) is 5.48 Å². The maximum Gasteiger partial charge on any atom is 0.114 e. The Labute approximate surface area is 280 Å². The number of para-hydroxylation sites is 2. The van der Waals surface area contributed by atoms with Gasteiger partial charge in [0.25, 0.3) is 0 Å². The van der Waals surface area contributed by atoms with Gasteiger partial charge in [-0.1, -0.05) is 130 Å². The second-order valence-electron chi connectivity index (χ2n) is 12.4. The van der Waals surface area contributed by atoms with Gasteiger partial charge >= 0.3 is 0 Å². The summed E-state index contributed by atoms with van der Waals surface area (Å²) in [5.74, 6) is 0.882. The summed E-state index contributed by atoms with van der Waals surface area (Å²) in [4.78, 5) is 4.82. The zero-order valence-corrected chi connectivity index (χ0v) is 25.8. The van der Waals surface area contributed by atoms with E-state index in [0.717, 1.165) is 39.2 Å². The molecule has 2 heteroatoms. The highest BCUT2D eigenvalue weighted by Gasteiger charge is 2.35. The molecule has 7 aromatic carbocycles. The molecule has 0 radical (unpaired) electrons. The molecule has 8 aromatic rings. The minimum absolute atomic E-state index is 0.201. The molecule has 0 amide bonds. The Bertz CT molecular complexity index is 2850. The van der Waals surface area contributed by atoms with Crippen molar-refractivity contribution in [2.45, 2.75) is 32.6 Å². The van der Waals surface area contributed by atoms with Crippen LogP contribution in [0.4, 0.5) is 0 Å². The first-order valence-electron chi connectivity index (χ1n) is 19.6. The maximum atomic E-state index is 9.36. The Hall–Kier alpha value is -5.47. The predicted octanol–water partition coefficient (Wildman–Crippen LogP) is 11.5. The Balaban J connectivity index is 1.41. The number of aryl methyl sites for hydroxylation is 1. The number of hydrogen-bond donors (Lipinski definition) is 0. The van der Waals surface area contributed by atoms with Crippen LogP contribution in [0.15, 0.2) is 139 Å². The van der Waals surface area contributed by atoms with Crippen LogP contribution in [-0.2, 0) is 11.8 Å². The van der Waals surface area contributed by atoms with Gasteiger partial charge in [0.1, 0.15) is 5.82 Å². The molecule has 1 aromatic heterocycles. The van der Waals surface area contributed by atoms with Gasteiger partial charge in [-0.3, -0.25) is 4.57 Å². The molecule has 2 nitrogen and oxygen atoms in total. The zero-order chi connectivity index (χ0) is 38.0. The Kier molecular flexibility index (Phi) is 4.32. The van der Waals surface area contributed by atoms with Crippen molar-refractivity contribution < 1.29 is 11.0 Å². The average Bonchev–Trinajstić information content (AvgIpc) is 3.68. The van der Waals surface area contributed by atoms with E-state index in [1.54, 1.807) is 0 Å². The molecule has 0 aliphatic heterocycles. The van der Waals surface area contributed by atoms with Crippen molar-refractivity contribution in [3.05, 3.63) is 156 Å². The third-order valence-corrected chi connectivity index (χ3v) is 9.61. The molecule has 1 aliphatic carbocycles. The van der Waals surface area contributed by atoms with Gasteiger partial charge in [0.15, 0.2) is 0 Å². The fourth-order valence-corrected chi connectivity index (χ4v) is 7.44. The maximum absolute atomic E-state index is 9.36. The zero-order valence-electron chi connectivity index (χ0n) is 33.8. The largest absolute Gasteiger partial charge is 0.296 e. The number of nitrogens with zero attached hydrogens (tertiary/aromatic N) is 2. The fourth-order valence-electron chi connectivity index (χ4n) is 7.44. The number of fused-ring (bicyclic) bond motifs is 6. The molecule has 0 saturated heterocycles. The monoisotopic (exact) mass is 598 g/mol. The number of aromatic nitrogens is 2. The molecular formula is C44H34N2. The summed E-state index contributed by atoms with van der Waals surface area (Å²) in [6.45, 7) is 6.35. The summed E-state index contributed by atoms with van der Waals surface area (Å²) in [5, 5.41) is 0.817. The highest BCUT2D eigenvalue weighted by atomic mass is 15.1. The molecule has 1 heterocycles. The Morgan fingerprint density at radius 3 is 1.87 bits per heavy atom. The van der Waals surface area contributed by atoms with Crippen LogP contribution >= 0.6 is 0 Å². The smallest absolute Gasteiger partial charge is 0.114 e. The molecule has 0 fully saturated rings. The third kappa shape index (κ3) is 3.80. The highest BCUT2D eigenvalue weighted by Crippen LogP contribution is 2.51. The normalized spacial score (nSPS) is 15.8. The van der Waals surface area contributed by atoms with E-state index in [0.29, 0.717) is 28.7 Å².